The highest BCUT2D eigenvalue weighted by Gasteiger charge is 2.32. The minimum atomic E-state index is 0.918. The second-order valence-corrected chi connectivity index (χ2v) is 4.82. The summed E-state index contributed by atoms with van der Waals surface area (Å²) >= 11 is 0. The van der Waals surface area contributed by atoms with Gasteiger partial charge in [0.15, 0.2) is 0 Å². The van der Waals surface area contributed by atoms with Crippen molar-refractivity contribution in [3.8, 4) is 0 Å². The first-order valence-corrected chi connectivity index (χ1v) is 5.87. The SMILES string of the molecule is CCCC1CN(C)CC1C(C)CC. The molecule has 0 N–H and O–H groups in total. The molecule has 0 aromatic carbocycles. The first-order chi connectivity index (χ1) is 6.19. The predicted molar refractivity (Wildman–Crippen MR) is 58.8 cm³/mol. The normalized spacial score (nSPS) is 32.3. The Kier molecular flexibility index (Phi) is 4.24. The molecular formula is C12H25N. The van der Waals surface area contributed by atoms with Gasteiger partial charge in [-0.25, -0.2) is 0 Å². The van der Waals surface area contributed by atoms with Crippen LogP contribution in [0.3, 0.4) is 0 Å². The molecule has 1 aliphatic heterocycles. The lowest BCUT2D eigenvalue weighted by Crippen LogP contribution is -2.20. The van der Waals surface area contributed by atoms with Crippen LogP contribution in [-0.4, -0.2) is 25.0 Å². The summed E-state index contributed by atoms with van der Waals surface area (Å²) in [6, 6.07) is 0. The van der Waals surface area contributed by atoms with E-state index in [4.69, 9.17) is 0 Å². The highest BCUT2D eigenvalue weighted by Crippen LogP contribution is 2.33. The van der Waals surface area contributed by atoms with Crippen molar-refractivity contribution in [1.29, 1.82) is 0 Å². The molecular weight excluding hydrogens is 158 g/mol. The first-order valence-electron chi connectivity index (χ1n) is 5.87. The quantitative estimate of drug-likeness (QED) is 0.647. The molecule has 1 aliphatic rings. The molecule has 1 fully saturated rings. The van der Waals surface area contributed by atoms with Gasteiger partial charge in [0.25, 0.3) is 0 Å². The Morgan fingerprint density at radius 2 is 2.00 bits per heavy atom. The zero-order valence-corrected chi connectivity index (χ0v) is 9.71. The molecule has 3 unspecified atom stereocenters. The average molecular weight is 183 g/mol. The molecule has 0 amide bonds. The Hall–Kier alpha value is -0.0400. The van der Waals surface area contributed by atoms with Gasteiger partial charge >= 0.3 is 0 Å². The molecule has 1 saturated heterocycles. The molecule has 0 radical (unpaired) electrons. The molecule has 0 saturated carbocycles. The average Bonchev–Trinajstić information content (AvgIpc) is 2.46. The van der Waals surface area contributed by atoms with E-state index in [0.717, 1.165) is 17.8 Å². The zero-order valence-electron chi connectivity index (χ0n) is 9.71. The van der Waals surface area contributed by atoms with Gasteiger partial charge < -0.3 is 4.90 Å². The van der Waals surface area contributed by atoms with Gasteiger partial charge in [0.1, 0.15) is 0 Å². The predicted octanol–water partition coefficient (Wildman–Crippen LogP) is 3.01. The van der Waals surface area contributed by atoms with Crippen molar-refractivity contribution in [3.05, 3.63) is 0 Å². The monoisotopic (exact) mass is 183 g/mol. The minimum absolute atomic E-state index is 0.918. The third-order valence-electron chi connectivity index (χ3n) is 3.71. The summed E-state index contributed by atoms with van der Waals surface area (Å²) in [7, 11) is 2.27. The van der Waals surface area contributed by atoms with Crippen LogP contribution in [0.1, 0.15) is 40.0 Å². The van der Waals surface area contributed by atoms with Crippen LogP contribution in [0.15, 0.2) is 0 Å². The summed E-state index contributed by atoms with van der Waals surface area (Å²) < 4.78 is 0. The van der Waals surface area contributed by atoms with Crippen LogP contribution >= 0.6 is 0 Å². The van der Waals surface area contributed by atoms with Crippen LogP contribution in [0.25, 0.3) is 0 Å². The van der Waals surface area contributed by atoms with E-state index < -0.39 is 0 Å². The number of hydrogen-bond donors (Lipinski definition) is 0. The Labute approximate surface area is 83.5 Å². The minimum Gasteiger partial charge on any atom is -0.306 e. The molecule has 3 atom stereocenters. The summed E-state index contributed by atoms with van der Waals surface area (Å²) in [6.07, 6.45) is 4.13. The lowest BCUT2D eigenvalue weighted by molar-refractivity contribution is 0.277. The molecule has 1 nitrogen and oxygen atoms in total. The Balaban J connectivity index is 2.49. The summed E-state index contributed by atoms with van der Waals surface area (Å²) in [4.78, 5) is 2.51. The second-order valence-electron chi connectivity index (χ2n) is 4.82. The topological polar surface area (TPSA) is 3.24 Å². The number of rotatable bonds is 4. The van der Waals surface area contributed by atoms with E-state index in [0.29, 0.717) is 0 Å². The maximum absolute atomic E-state index is 2.51. The third kappa shape index (κ3) is 2.70. The lowest BCUT2D eigenvalue weighted by atomic mass is 9.81. The molecule has 13 heavy (non-hydrogen) atoms. The smallest absolute Gasteiger partial charge is 0.00124 e. The van der Waals surface area contributed by atoms with Crippen LogP contribution in [-0.2, 0) is 0 Å². The Morgan fingerprint density at radius 3 is 2.54 bits per heavy atom. The van der Waals surface area contributed by atoms with Gasteiger partial charge in [-0.05, 0) is 31.2 Å². The van der Waals surface area contributed by atoms with Crippen molar-refractivity contribution in [1.82, 2.24) is 4.90 Å². The standard InChI is InChI=1S/C12H25N/c1-5-7-11-8-13(4)9-12(11)10(3)6-2/h10-12H,5-9H2,1-4H3. The lowest BCUT2D eigenvalue weighted by Gasteiger charge is -2.23. The van der Waals surface area contributed by atoms with Crippen LogP contribution in [0.5, 0.6) is 0 Å². The summed E-state index contributed by atoms with van der Waals surface area (Å²) in [5.41, 5.74) is 0. The molecule has 0 aliphatic carbocycles. The molecule has 0 bridgehead atoms. The number of nitrogens with zero attached hydrogens (tertiary/aromatic N) is 1. The van der Waals surface area contributed by atoms with Gasteiger partial charge in [0.2, 0.25) is 0 Å². The van der Waals surface area contributed by atoms with Crippen molar-refractivity contribution >= 4 is 0 Å². The van der Waals surface area contributed by atoms with E-state index in [1.807, 2.05) is 0 Å². The largest absolute Gasteiger partial charge is 0.306 e. The summed E-state index contributed by atoms with van der Waals surface area (Å²) in [5, 5.41) is 0. The van der Waals surface area contributed by atoms with Crippen molar-refractivity contribution in [2.45, 2.75) is 40.0 Å². The highest BCUT2D eigenvalue weighted by atomic mass is 15.1. The Bertz CT molecular complexity index is 144. The van der Waals surface area contributed by atoms with Crippen molar-refractivity contribution in [3.63, 3.8) is 0 Å². The number of hydrogen-bond acceptors (Lipinski definition) is 1. The van der Waals surface area contributed by atoms with Crippen molar-refractivity contribution < 1.29 is 0 Å². The van der Waals surface area contributed by atoms with Crippen LogP contribution in [0.2, 0.25) is 0 Å². The molecule has 0 aromatic rings. The van der Waals surface area contributed by atoms with Crippen LogP contribution in [0.4, 0.5) is 0 Å². The van der Waals surface area contributed by atoms with Crippen molar-refractivity contribution in [2.24, 2.45) is 17.8 Å². The van der Waals surface area contributed by atoms with E-state index in [9.17, 15) is 0 Å². The van der Waals surface area contributed by atoms with Gasteiger partial charge in [-0.2, -0.15) is 0 Å². The van der Waals surface area contributed by atoms with Gasteiger partial charge in [0, 0.05) is 13.1 Å². The molecule has 0 aromatic heterocycles. The molecule has 78 valence electrons. The highest BCUT2D eigenvalue weighted by molar-refractivity contribution is 4.84. The fraction of sp³-hybridized carbons (Fsp3) is 1.00. The van der Waals surface area contributed by atoms with Crippen molar-refractivity contribution in [2.75, 3.05) is 20.1 Å². The maximum atomic E-state index is 2.51. The van der Waals surface area contributed by atoms with Gasteiger partial charge in [-0.3, -0.25) is 0 Å². The van der Waals surface area contributed by atoms with Gasteiger partial charge in [-0.1, -0.05) is 33.6 Å². The molecule has 1 heterocycles. The van der Waals surface area contributed by atoms with Crippen LogP contribution in [0, 0.1) is 17.8 Å². The molecule has 1 rings (SSSR count). The van der Waals surface area contributed by atoms with E-state index >= 15 is 0 Å². The zero-order chi connectivity index (χ0) is 9.84. The molecule has 0 spiro atoms. The third-order valence-corrected chi connectivity index (χ3v) is 3.71. The second kappa shape index (κ2) is 4.99. The van der Waals surface area contributed by atoms with E-state index in [-0.39, 0.29) is 0 Å². The van der Waals surface area contributed by atoms with Gasteiger partial charge in [-0.15, -0.1) is 0 Å². The van der Waals surface area contributed by atoms with Gasteiger partial charge in [0.05, 0.1) is 0 Å². The maximum Gasteiger partial charge on any atom is 0.00124 e. The number of likely N-dealkylation sites (tertiary alicyclic amines) is 1. The summed E-state index contributed by atoms with van der Waals surface area (Å²) in [6.45, 7) is 9.73. The fourth-order valence-electron chi connectivity index (χ4n) is 2.74. The fourth-order valence-corrected chi connectivity index (χ4v) is 2.74. The van der Waals surface area contributed by atoms with E-state index in [1.165, 1.54) is 32.4 Å². The van der Waals surface area contributed by atoms with Crippen LogP contribution < -0.4 is 0 Å². The van der Waals surface area contributed by atoms with E-state index in [2.05, 4.69) is 32.7 Å². The molecule has 1 heteroatoms. The summed E-state index contributed by atoms with van der Waals surface area (Å²) in [5.74, 6) is 2.86. The first kappa shape index (κ1) is 11.0. The Morgan fingerprint density at radius 1 is 1.31 bits per heavy atom. The van der Waals surface area contributed by atoms with E-state index in [1.54, 1.807) is 0 Å².